The van der Waals surface area contributed by atoms with Crippen LogP contribution in [0.25, 0.3) is 16.7 Å². The largest absolute Gasteiger partial charge is 0.377 e. The van der Waals surface area contributed by atoms with Gasteiger partial charge in [-0.3, -0.25) is 0 Å². The van der Waals surface area contributed by atoms with E-state index in [0.29, 0.717) is 39.9 Å². The van der Waals surface area contributed by atoms with Gasteiger partial charge in [0.25, 0.3) is 0 Å². The molecular formula is C21H21ClN6O3S. The van der Waals surface area contributed by atoms with E-state index in [1.807, 2.05) is 18.2 Å². The first-order valence-corrected chi connectivity index (χ1v) is 11.6. The topological polar surface area (TPSA) is 111 Å². The van der Waals surface area contributed by atoms with Crippen molar-refractivity contribution >= 4 is 38.5 Å². The highest BCUT2D eigenvalue weighted by Gasteiger charge is 2.16. The van der Waals surface area contributed by atoms with Crippen molar-refractivity contribution in [2.75, 3.05) is 25.5 Å². The van der Waals surface area contributed by atoms with Crippen LogP contribution in [0.3, 0.4) is 0 Å². The lowest BCUT2D eigenvalue weighted by Crippen LogP contribution is -2.29. The lowest BCUT2D eigenvalue weighted by Gasteiger charge is -2.11. The van der Waals surface area contributed by atoms with E-state index in [4.69, 9.17) is 16.3 Å². The predicted octanol–water partition coefficient (Wildman–Crippen LogP) is 3.01. The van der Waals surface area contributed by atoms with Crippen LogP contribution in [0, 0.1) is 0 Å². The number of benzene rings is 2. The van der Waals surface area contributed by atoms with Crippen molar-refractivity contribution < 1.29 is 13.2 Å². The van der Waals surface area contributed by atoms with Crippen molar-refractivity contribution in [3.05, 3.63) is 71.6 Å². The first kappa shape index (κ1) is 22.2. The molecule has 166 valence electrons. The van der Waals surface area contributed by atoms with Gasteiger partial charge in [0, 0.05) is 20.2 Å². The highest BCUT2D eigenvalue weighted by molar-refractivity contribution is 7.89. The summed E-state index contributed by atoms with van der Waals surface area (Å²) in [7, 11) is -2.02. The highest BCUT2D eigenvalue weighted by atomic mass is 35.5. The van der Waals surface area contributed by atoms with E-state index in [2.05, 4.69) is 25.1 Å². The molecule has 2 N–H and O–H groups in total. The molecule has 0 fully saturated rings. The first-order valence-electron chi connectivity index (χ1n) is 9.76. The van der Waals surface area contributed by atoms with Gasteiger partial charge in [0.1, 0.15) is 12.4 Å². The van der Waals surface area contributed by atoms with Crippen molar-refractivity contribution in [1.29, 1.82) is 0 Å². The minimum absolute atomic E-state index is 0.168. The van der Waals surface area contributed by atoms with Gasteiger partial charge in [-0.05, 0) is 24.3 Å². The Bertz CT molecular complexity index is 1330. The van der Waals surface area contributed by atoms with Crippen molar-refractivity contribution in [1.82, 2.24) is 24.5 Å². The third-order valence-corrected chi connectivity index (χ3v) is 6.39. The van der Waals surface area contributed by atoms with E-state index in [9.17, 15) is 8.42 Å². The van der Waals surface area contributed by atoms with E-state index >= 15 is 0 Å². The van der Waals surface area contributed by atoms with Gasteiger partial charge in [-0.2, -0.15) is 5.10 Å². The number of anilines is 1. The zero-order valence-corrected chi connectivity index (χ0v) is 18.8. The van der Waals surface area contributed by atoms with Gasteiger partial charge in [-0.15, -0.1) is 0 Å². The first-order chi connectivity index (χ1) is 15.5. The summed E-state index contributed by atoms with van der Waals surface area (Å²) in [5.41, 5.74) is 1.25. The van der Waals surface area contributed by atoms with Crippen LogP contribution in [0.1, 0.15) is 5.82 Å². The Hall–Kier alpha value is -3.05. The van der Waals surface area contributed by atoms with Gasteiger partial charge in [0.15, 0.2) is 11.5 Å². The van der Waals surface area contributed by atoms with Gasteiger partial charge >= 0.3 is 0 Å². The van der Waals surface area contributed by atoms with Crippen LogP contribution in [0.15, 0.2) is 65.7 Å². The van der Waals surface area contributed by atoms with Crippen molar-refractivity contribution in [2.45, 2.75) is 11.5 Å². The van der Waals surface area contributed by atoms with Gasteiger partial charge in [-0.25, -0.2) is 27.8 Å². The zero-order valence-electron chi connectivity index (χ0n) is 17.2. The number of nitrogens with zero attached hydrogens (tertiary/aromatic N) is 4. The normalized spacial score (nSPS) is 11.7. The molecule has 32 heavy (non-hydrogen) atoms. The molecule has 0 unspecified atom stereocenters. The lowest BCUT2D eigenvalue weighted by atomic mass is 10.3. The molecule has 2 aromatic carbocycles. The highest BCUT2D eigenvalue weighted by Crippen LogP contribution is 2.26. The zero-order chi connectivity index (χ0) is 22.6. The van der Waals surface area contributed by atoms with Crippen LogP contribution in [-0.4, -0.2) is 48.4 Å². The van der Waals surface area contributed by atoms with Gasteiger partial charge in [-0.1, -0.05) is 41.9 Å². The Morgan fingerprint density at radius 3 is 2.53 bits per heavy atom. The molecule has 0 saturated carbocycles. The summed E-state index contributed by atoms with van der Waals surface area (Å²) in [6, 6.07) is 15.5. The Labute approximate surface area is 190 Å². The summed E-state index contributed by atoms with van der Waals surface area (Å²) in [6.07, 6.45) is 1.64. The lowest BCUT2D eigenvalue weighted by molar-refractivity contribution is 0.178. The molecule has 0 aliphatic heterocycles. The molecule has 0 amide bonds. The average Bonchev–Trinajstić information content (AvgIpc) is 3.22. The second-order valence-electron chi connectivity index (χ2n) is 6.80. The molecule has 0 aliphatic rings. The fraction of sp³-hybridized carbons (Fsp3) is 0.190. The number of sulfonamides is 1. The molecule has 0 saturated heterocycles. The third-order valence-electron chi connectivity index (χ3n) is 4.59. The maximum absolute atomic E-state index is 12.4. The summed E-state index contributed by atoms with van der Waals surface area (Å²) in [5, 5.41) is 8.82. The molecule has 0 bridgehead atoms. The summed E-state index contributed by atoms with van der Waals surface area (Å²) < 4.78 is 34.2. The Morgan fingerprint density at radius 1 is 1.03 bits per heavy atom. The molecule has 2 aromatic heterocycles. The standard InChI is InChI=1S/C21H21ClN6O3S/c1-31-14-19-26-20(23-11-12-25-32(29,30)15-7-3-2-4-8-15)16-13-24-28(21(16)27-19)18-10-6-5-9-17(18)22/h2-10,13,25H,11-12,14H2,1H3,(H,23,26,27). The monoisotopic (exact) mass is 472 g/mol. The van der Waals surface area contributed by atoms with Crippen LogP contribution in [0.2, 0.25) is 5.02 Å². The van der Waals surface area contributed by atoms with Crippen LogP contribution in [-0.2, 0) is 21.4 Å². The predicted molar refractivity (Wildman–Crippen MR) is 123 cm³/mol. The Morgan fingerprint density at radius 2 is 1.78 bits per heavy atom. The van der Waals surface area contributed by atoms with E-state index < -0.39 is 10.0 Å². The van der Waals surface area contributed by atoms with E-state index in [-0.39, 0.29) is 18.0 Å². The Kier molecular flexibility index (Phi) is 6.66. The molecule has 0 spiro atoms. The SMILES string of the molecule is COCc1nc(NCCNS(=O)(=O)c2ccccc2)c2cnn(-c3ccccc3Cl)c2n1. The molecule has 2 heterocycles. The van der Waals surface area contributed by atoms with Gasteiger partial charge in [0.05, 0.1) is 27.2 Å². The molecule has 4 aromatic rings. The quantitative estimate of drug-likeness (QED) is 0.360. The molecule has 4 rings (SSSR count). The number of halogens is 1. The fourth-order valence-electron chi connectivity index (χ4n) is 3.13. The van der Waals surface area contributed by atoms with Crippen LogP contribution in [0.5, 0.6) is 0 Å². The van der Waals surface area contributed by atoms with Crippen molar-refractivity contribution in [3.8, 4) is 5.69 Å². The summed E-state index contributed by atoms with van der Waals surface area (Å²) >= 11 is 6.34. The summed E-state index contributed by atoms with van der Waals surface area (Å²) in [5.74, 6) is 0.987. The van der Waals surface area contributed by atoms with E-state index in [1.54, 1.807) is 54.4 Å². The van der Waals surface area contributed by atoms with Gasteiger partial charge in [0.2, 0.25) is 10.0 Å². The summed E-state index contributed by atoms with van der Waals surface area (Å²) in [6.45, 7) is 0.682. The number of methoxy groups -OCH3 is 1. The number of para-hydroxylation sites is 1. The van der Waals surface area contributed by atoms with Gasteiger partial charge < -0.3 is 10.1 Å². The number of ether oxygens (including phenoxy) is 1. The number of rotatable bonds is 9. The van der Waals surface area contributed by atoms with E-state index in [1.165, 1.54) is 0 Å². The van der Waals surface area contributed by atoms with Crippen LogP contribution in [0.4, 0.5) is 5.82 Å². The number of hydrogen-bond acceptors (Lipinski definition) is 7. The van der Waals surface area contributed by atoms with Crippen molar-refractivity contribution in [2.24, 2.45) is 0 Å². The second-order valence-corrected chi connectivity index (χ2v) is 8.98. The van der Waals surface area contributed by atoms with Crippen molar-refractivity contribution in [3.63, 3.8) is 0 Å². The smallest absolute Gasteiger partial charge is 0.240 e. The number of nitrogens with one attached hydrogen (secondary N) is 2. The molecule has 11 heteroatoms. The summed E-state index contributed by atoms with van der Waals surface area (Å²) in [4.78, 5) is 9.28. The molecule has 0 atom stereocenters. The average molecular weight is 473 g/mol. The van der Waals surface area contributed by atoms with Crippen LogP contribution < -0.4 is 10.0 Å². The maximum atomic E-state index is 12.4. The third kappa shape index (κ3) is 4.73. The molecule has 9 nitrogen and oxygen atoms in total. The second kappa shape index (κ2) is 9.61. The van der Waals surface area contributed by atoms with Crippen LogP contribution >= 0.6 is 11.6 Å². The van der Waals surface area contributed by atoms with E-state index in [0.717, 1.165) is 0 Å². The molecule has 0 aliphatic carbocycles. The maximum Gasteiger partial charge on any atom is 0.240 e. The minimum Gasteiger partial charge on any atom is -0.377 e. The molecular weight excluding hydrogens is 452 g/mol. The minimum atomic E-state index is -3.58. The molecule has 0 radical (unpaired) electrons. The Balaban J connectivity index is 1.56. The number of aromatic nitrogens is 4. The number of hydrogen-bond donors (Lipinski definition) is 2. The number of fused-ring (bicyclic) bond motifs is 1. The fourth-order valence-corrected chi connectivity index (χ4v) is 4.40.